The summed E-state index contributed by atoms with van der Waals surface area (Å²) in [7, 11) is 1.95. The first-order chi connectivity index (χ1) is 8.61. The Labute approximate surface area is 116 Å². The molecule has 0 spiro atoms. The van der Waals surface area contributed by atoms with Crippen LogP contribution in [0.2, 0.25) is 5.02 Å². The minimum atomic E-state index is 0.157. The van der Waals surface area contributed by atoms with Crippen LogP contribution in [0, 0.1) is 6.92 Å². The van der Waals surface area contributed by atoms with Gasteiger partial charge in [-0.3, -0.25) is 0 Å². The lowest BCUT2D eigenvalue weighted by Crippen LogP contribution is -2.10. The zero-order valence-corrected chi connectivity index (χ0v) is 11.9. The molecule has 0 radical (unpaired) electrons. The van der Waals surface area contributed by atoms with Gasteiger partial charge in [0.2, 0.25) is 0 Å². The molecule has 2 N–H and O–H groups in total. The quantitative estimate of drug-likeness (QED) is 0.876. The van der Waals surface area contributed by atoms with Gasteiger partial charge in [-0.15, -0.1) is 10.2 Å². The van der Waals surface area contributed by atoms with Crippen LogP contribution >= 0.6 is 23.4 Å². The molecule has 0 amide bonds. The number of thioether (sulfide) groups is 1. The Balaban J connectivity index is 2.19. The molecule has 1 heterocycles. The molecule has 1 unspecified atom stereocenters. The Hall–Kier alpha value is -1.04. The number of rotatable bonds is 4. The summed E-state index contributed by atoms with van der Waals surface area (Å²) in [6.45, 7) is 2.47. The van der Waals surface area contributed by atoms with E-state index in [1.54, 1.807) is 11.8 Å². The minimum absolute atomic E-state index is 0.157. The lowest BCUT2D eigenvalue weighted by atomic mass is 10.1. The van der Waals surface area contributed by atoms with Crippen molar-refractivity contribution in [2.45, 2.75) is 17.3 Å². The van der Waals surface area contributed by atoms with Crippen molar-refractivity contribution in [1.82, 2.24) is 14.8 Å². The molecular weight excluding hydrogens is 268 g/mol. The summed E-state index contributed by atoms with van der Waals surface area (Å²) in [5, 5.41) is 9.94. The maximum atomic E-state index is 5.88. The Kier molecular flexibility index (Phi) is 4.27. The van der Waals surface area contributed by atoms with Crippen molar-refractivity contribution >= 4 is 23.4 Å². The third kappa shape index (κ3) is 2.85. The highest BCUT2D eigenvalue weighted by Gasteiger charge is 2.15. The first-order valence-electron chi connectivity index (χ1n) is 5.60. The lowest BCUT2D eigenvalue weighted by molar-refractivity contribution is 0.760. The van der Waals surface area contributed by atoms with E-state index in [1.165, 1.54) is 0 Å². The molecule has 1 aromatic carbocycles. The van der Waals surface area contributed by atoms with Gasteiger partial charge >= 0.3 is 0 Å². The number of hydrogen-bond acceptors (Lipinski definition) is 4. The average Bonchev–Trinajstić information content (AvgIpc) is 2.69. The fourth-order valence-corrected chi connectivity index (χ4v) is 2.70. The van der Waals surface area contributed by atoms with Crippen LogP contribution in [0.1, 0.15) is 16.6 Å². The fraction of sp³-hybridized carbons (Fsp3) is 0.333. The smallest absolute Gasteiger partial charge is 0.191 e. The summed E-state index contributed by atoms with van der Waals surface area (Å²) in [5.41, 5.74) is 6.98. The molecule has 18 heavy (non-hydrogen) atoms. The van der Waals surface area contributed by atoms with E-state index in [-0.39, 0.29) is 5.25 Å². The van der Waals surface area contributed by atoms with Crippen LogP contribution < -0.4 is 5.73 Å². The Morgan fingerprint density at radius 2 is 2.00 bits per heavy atom. The van der Waals surface area contributed by atoms with Gasteiger partial charge in [0.05, 0.1) is 0 Å². The number of benzene rings is 1. The topological polar surface area (TPSA) is 56.7 Å². The van der Waals surface area contributed by atoms with Crippen LogP contribution in [0.15, 0.2) is 29.4 Å². The number of halogens is 1. The zero-order chi connectivity index (χ0) is 13.1. The summed E-state index contributed by atoms with van der Waals surface area (Å²) in [6, 6.07) is 7.75. The van der Waals surface area contributed by atoms with Gasteiger partial charge in [0.25, 0.3) is 0 Å². The summed E-state index contributed by atoms with van der Waals surface area (Å²) in [5.74, 6) is 0.893. The number of nitrogens with zero attached hydrogens (tertiary/aromatic N) is 3. The highest BCUT2D eigenvalue weighted by Crippen LogP contribution is 2.33. The summed E-state index contributed by atoms with van der Waals surface area (Å²) < 4.78 is 1.96. The second-order valence-electron chi connectivity index (χ2n) is 3.98. The van der Waals surface area contributed by atoms with E-state index in [2.05, 4.69) is 10.2 Å². The first-order valence-corrected chi connectivity index (χ1v) is 6.85. The molecule has 6 heteroatoms. The number of aromatic nitrogens is 3. The molecule has 2 aromatic rings. The zero-order valence-electron chi connectivity index (χ0n) is 10.3. The highest BCUT2D eigenvalue weighted by atomic mass is 35.5. The van der Waals surface area contributed by atoms with Crippen molar-refractivity contribution in [2.75, 3.05) is 6.54 Å². The van der Waals surface area contributed by atoms with Gasteiger partial charge in [-0.1, -0.05) is 35.5 Å². The van der Waals surface area contributed by atoms with E-state index in [1.807, 2.05) is 42.8 Å². The molecule has 96 valence electrons. The molecule has 0 saturated carbocycles. The van der Waals surface area contributed by atoms with E-state index >= 15 is 0 Å². The predicted molar refractivity (Wildman–Crippen MR) is 74.8 cm³/mol. The van der Waals surface area contributed by atoms with Crippen LogP contribution in [-0.2, 0) is 7.05 Å². The van der Waals surface area contributed by atoms with Gasteiger partial charge in [-0.05, 0) is 24.6 Å². The van der Waals surface area contributed by atoms with Crippen molar-refractivity contribution in [1.29, 1.82) is 0 Å². The van der Waals surface area contributed by atoms with Crippen LogP contribution in [0.5, 0.6) is 0 Å². The monoisotopic (exact) mass is 282 g/mol. The normalized spacial score (nSPS) is 12.7. The number of hydrogen-bond donors (Lipinski definition) is 1. The highest BCUT2D eigenvalue weighted by molar-refractivity contribution is 7.99. The largest absolute Gasteiger partial charge is 0.329 e. The van der Waals surface area contributed by atoms with E-state index in [4.69, 9.17) is 17.3 Å². The average molecular weight is 283 g/mol. The molecule has 0 bridgehead atoms. The molecule has 0 fully saturated rings. The fourth-order valence-electron chi connectivity index (χ4n) is 1.55. The molecule has 0 aliphatic carbocycles. The van der Waals surface area contributed by atoms with Crippen molar-refractivity contribution in [3.63, 3.8) is 0 Å². The molecule has 4 nitrogen and oxygen atoms in total. The maximum Gasteiger partial charge on any atom is 0.191 e. The van der Waals surface area contributed by atoms with Crippen LogP contribution in [-0.4, -0.2) is 21.3 Å². The molecule has 0 aliphatic rings. The van der Waals surface area contributed by atoms with Gasteiger partial charge in [0, 0.05) is 23.9 Å². The third-order valence-electron chi connectivity index (χ3n) is 2.76. The molecule has 2 rings (SSSR count). The molecule has 1 aromatic heterocycles. The third-order valence-corrected chi connectivity index (χ3v) is 4.32. The Morgan fingerprint density at radius 3 is 2.50 bits per heavy atom. The second kappa shape index (κ2) is 5.73. The van der Waals surface area contributed by atoms with E-state index in [9.17, 15) is 0 Å². The van der Waals surface area contributed by atoms with Gasteiger partial charge < -0.3 is 10.3 Å². The summed E-state index contributed by atoms with van der Waals surface area (Å²) in [4.78, 5) is 0. The number of nitrogens with two attached hydrogens (primary N) is 1. The van der Waals surface area contributed by atoms with Crippen molar-refractivity contribution in [3.8, 4) is 0 Å². The van der Waals surface area contributed by atoms with Crippen LogP contribution in [0.25, 0.3) is 0 Å². The standard InChI is InChI=1S/C12H15ClN4S/c1-8-15-16-12(17(8)2)18-11(7-14)9-3-5-10(13)6-4-9/h3-6,11H,7,14H2,1-2H3. The van der Waals surface area contributed by atoms with Gasteiger partial charge in [0.15, 0.2) is 5.16 Å². The van der Waals surface area contributed by atoms with Crippen molar-refractivity contribution in [3.05, 3.63) is 40.7 Å². The minimum Gasteiger partial charge on any atom is -0.329 e. The molecular formula is C12H15ClN4S. The lowest BCUT2D eigenvalue weighted by Gasteiger charge is -2.14. The molecule has 1 atom stereocenters. The van der Waals surface area contributed by atoms with Crippen LogP contribution in [0.4, 0.5) is 0 Å². The van der Waals surface area contributed by atoms with E-state index < -0.39 is 0 Å². The molecule has 0 saturated heterocycles. The molecule has 0 aliphatic heterocycles. The predicted octanol–water partition coefficient (Wildman–Crippen LogP) is 2.57. The SMILES string of the molecule is Cc1nnc(SC(CN)c2ccc(Cl)cc2)n1C. The van der Waals surface area contributed by atoms with Crippen molar-refractivity contribution in [2.24, 2.45) is 12.8 Å². The number of aryl methyl sites for hydroxylation is 1. The van der Waals surface area contributed by atoms with Gasteiger partial charge in [0.1, 0.15) is 5.82 Å². The summed E-state index contributed by atoms with van der Waals surface area (Å²) >= 11 is 7.50. The second-order valence-corrected chi connectivity index (χ2v) is 5.59. The summed E-state index contributed by atoms with van der Waals surface area (Å²) in [6.07, 6.45) is 0. The van der Waals surface area contributed by atoms with Gasteiger partial charge in [-0.2, -0.15) is 0 Å². The van der Waals surface area contributed by atoms with Gasteiger partial charge in [-0.25, -0.2) is 0 Å². The Morgan fingerprint density at radius 1 is 1.33 bits per heavy atom. The Bertz CT molecular complexity index is 523. The first kappa shape index (κ1) is 13.4. The van der Waals surface area contributed by atoms with E-state index in [0.29, 0.717) is 6.54 Å². The maximum absolute atomic E-state index is 5.88. The van der Waals surface area contributed by atoms with Crippen molar-refractivity contribution < 1.29 is 0 Å². The van der Waals surface area contributed by atoms with E-state index in [0.717, 1.165) is 21.6 Å². The van der Waals surface area contributed by atoms with Crippen LogP contribution in [0.3, 0.4) is 0 Å².